The summed E-state index contributed by atoms with van der Waals surface area (Å²) < 4.78 is 18.8. The van der Waals surface area contributed by atoms with Gasteiger partial charge in [-0.25, -0.2) is 9.18 Å². The van der Waals surface area contributed by atoms with Crippen LogP contribution in [0.5, 0.6) is 5.75 Å². The van der Waals surface area contributed by atoms with Crippen molar-refractivity contribution in [3.63, 3.8) is 0 Å². The van der Waals surface area contributed by atoms with Crippen LogP contribution in [-0.2, 0) is 0 Å². The number of aliphatic hydroxyl groups is 1. The average molecular weight is 298 g/mol. The van der Waals surface area contributed by atoms with Gasteiger partial charge in [0.05, 0.1) is 11.8 Å². The Labute approximate surface area is 124 Å². The lowest BCUT2D eigenvalue weighted by atomic mass is 10.1. The molecule has 3 N–H and O–H groups in total. The number of anilines is 1. The second-order valence-electron chi connectivity index (χ2n) is 5.35. The van der Waals surface area contributed by atoms with Gasteiger partial charge < -0.3 is 20.5 Å². The van der Waals surface area contributed by atoms with E-state index in [2.05, 4.69) is 10.6 Å². The highest BCUT2D eigenvalue weighted by atomic mass is 19.1. The summed E-state index contributed by atoms with van der Waals surface area (Å²) >= 11 is 0. The van der Waals surface area contributed by atoms with E-state index < -0.39 is 11.8 Å². The number of halogens is 1. The van der Waals surface area contributed by atoms with Gasteiger partial charge in [0.2, 0.25) is 0 Å². The first-order valence-corrected chi connectivity index (χ1v) is 6.98. The molecule has 118 valence electrons. The maximum atomic E-state index is 13.3. The van der Waals surface area contributed by atoms with Gasteiger partial charge in [-0.15, -0.1) is 0 Å². The van der Waals surface area contributed by atoms with Gasteiger partial charge in [-0.05, 0) is 38.8 Å². The third-order valence-electron chi connectivity index (χ3n) is 3.05. The fraction of sp³-hybridized carbons (Fsp3) is 0.533. The van der Waals surface area contributed by atoms with Crippen molar-refractivity contribution in [1.29, 1.82) is 0 Å². The van der Waals surface area contributed by atoms with Crippen molar-refractivity contribution >= 4 is 11.7 Å². The number of carbonyl (C=O) groups excluding carboxylic acids is 1. The van der Waals surface area contributed by atoms with Crippen molar-refractivity contribution in [2.75, 3.05) is 11.9 Å². The monoisotopic (exact) mass is 298 g/mol. The molecule has 21 heavy (non-hydrogen) atoms. The fourth-order valence-electron chi connectivity index (χ4n) is 1.62. The minimum absolute atomic E-state index is 0.0247. The van der Waals surface area contributed by atoms with Gasteiger partial charge in [0.1, 0.15) is 11.6 Å². The molecule has 0 radical (unpaired) electrons. The zero-order chi connectivity index (χ0) is 16.0. The van der Waals surface area contributed by atoms with Crippen LogP contribution in [0.25, 0.3) is 0 Å². The van der Waals surface area contributed by atoms with Crippen LogP contribution in [0.2, 0.25) is 0 Å². The summed E-state index contributed by atoms with van der Waals surface area (Å²) in [5, 5.41) is 14.3. The highest BCUT2D eigenvalue weighted by Crippen LogP contribution is 2.26. The van der Waals surface area contributed by atoms with Gasteiger partial charge in [0.25, 0.3) is 0 Å². The first-order valence-electron chi connectivity index (χ1n) is 6.98. The molecule has 0 heterocycles. The molecule has 1 rings (SSSR count). The van der Waals surface area contributed by atoms with E-state index in [0.29, 0.717) is 5.75 Å². The highest BCUT2D eigenvalue weighted by Gasteiger charge is 2.15. The second kappa shape index (κ2) is 7.83. The number of hydrogen-bond acceptors (Lipinski definition) is 3. The van der Waals surface area contributed by atoms with E-state index in [1.165, 1.54) is 18.2 Å². The number of benzene rings is 1. The molecular formula is C15H23FN2O3. The Balaban J connectivity index is 2.77. The fourth-order valence-corrected chi connectivity index (χ4v) is 1.62. The van der Waals surface area contributed by atoms with E-state index in [1.807, 2.05) is 20.8 Å². The predicted molar refractivity (Wildman–Crippen MR) is 80.0 cm³/mol. The van der Waals surface area contributed by atoms with Crippen molar-refractivity contribution in [2.24, 2.45) is 5.92 Å². The van der Waals surface area contributed by atoms with Gasteiger partial charge in [0.15, 0.2) is 0 Å². The third-order valence-corrected chi connectivity index (χ3v) is 3.05. The Kier molecular flexibility index (Phi) is 6.42. The van der Waals surface area contributed by atoms with Crippen LogP contribution >= 0.6 is 0 Å². The zero-order valence-electron chi connectivity index (χ0n) is 12.8. The second-order valence-corrected chi connectivity index (χ2v) is 5.35. The number of aliphatic hydroxyl groups excluding tert-OH is 1. The Morgan fingerprint density at radius 2 is 2.00 bits per heavy atom. The van der Waals surface area contributed by atoms with E-state index in [-0.39, 0.29) is 30.4 Å². The number of amides is 2. The first kappa shape index (κ1) is 17.2. The summed E-state index contributed by atoms with van der Waals surface area (Å²) in [4.78, 5) is 11.9. The number of hydrogen-bond donors (Lipinski definition) is 3. The molecule has 6 heteroatoms. The van der Waals surface area contributed by atoms with Crippen LogP contribution in [0.4, 0.5) is 14.9 Å². The van der Waals surface area contributed by atoms with Crippen molar-refractivity contribution in [2.45, 2.75) is 39.8 Å². The molecule has 0 aliphatic heterocycles. The van der Waals surface area contributed by atoms with E-state index in [0.717, 1.165) is 0 Å². The smallest absolute Gasteiger partial charge is 0.319 e. The van der Waals surface area contributed by atoms with Gasteiger partial charge in [-0.2, -0.15) is 0 Å². The van der Waals surface area contributed by atoms with Gasteiger partial charge in [-0.1, -0.05) is 6.92 Å². The van der Waals surface area contributed by atoms with Crippen LogP contribution in [-0.4, -0.2) is 29.9 Å². The van der Waals surface area contributed by atoms with Crippen LogP contribution in [0.15, 0.2) is 18.2 Å². The van der Waals surface area contributed by atoms with Crippen molar-refractivity contribution in [3.05, 3.63) is 24.0 Å². The van der Waals surface area contributed by atoms with Crippen LogP contribution in [0, 0.1) is 11.7 Å². The number of carbonyl (C=O) groups is 1. The Hall–Kier alpha value is -1.82. The van der Waals surface area contributed by atoms with E-state index in [1.54, 1.807) is 6.92 Å². The average Bonchev–Trinajstić information content (AvgIpc) is 2.40. The molecule has 0 spiro atoms. The summed E-state index contributed by atoms with van der Waals surface area (Å²) in [7, 11) is 0. The molecule has 2 amide bonds. The first-order chi connectivity index (χ1) is 9.83. The molecule has 0 bridgehead atoms. The Morgan fingerprint density at radius 1 is 1.33 bits per heavy atom. The molecular weight excluding hydrogens is 275 g/mol. The largest absolute Gasteiger partial charge is 0.489 e. The maximum Gasteiger partial charge on any atom is 0.319 e. The predicted octanol–water partition coefficient (Wildman–Crippen LogP) is 2.75. The summed E-state index contributed by atoms with van der Waals surface area (Å²) in [6, 6.07) is 3.28. The highest BCUT2D eigenvalue weighted by molar-refractivity contribution is 5.91. The van der Waals surface area contributed by atoms with Crippen molar-refractivity contribution in [3.8, 4) is 5.75 Å². The maximum absolute atomic E-state index is 13.3. The number of rotatable bonds is 6. The minimum atomic E-state index is -0.470. The topological polar surface area (TPSA) is 70.6 Å². The van der Waals surface area contributed by atoms with Gasteiger partial charge in [0, 0.05) is 18.7 Å². The molecule has 1 aromatic rings. The van der Waals surface area contributed by atoms with Gasteiger partial charge in [-0.3, -0.25) is 0 Å². The van der Waals surface area contributed by atoms with Crippen LogP contribution in [0.1, 0.15) is 27.7 Å². The quantitative estimate of drug-likeness (QED) is 0.756. The molecule has 0 aliphatic rings. The van der Waals surface area contributed by atoms with Crippen molar-refractivity contribution < 1.29 is 19.0 Å². The van der Waals surface area contributed by atoms with E-state index in [9.17, 15) is 9.18 Å². The molecule has 0 fully saturated rings. The number of nitrogens with one attached hydrogen (secondary N) is 2. The molecule has 5 nitrogen and oxygen atoms in total. The molecule has 0 aromatic heterocycles. The summed E-state index contributed by atoms with van der Waals surface area (Å²) in [6.45, 7) is 7.28. The standard InChI is InChI=1S/C15H23FN2O3/c1-9(2)21-14-6-5-12(16)7-13(14)18-15(20)17-11(4)10(3)8-19/h5-7,9-11,19H,8H2,1-4H3,(H2,17,18,20). The lowest BCUT2D eigenvalue weighted by Crippen LogP contribution is -2.40. The zero-order valence-corrected chi connectivity index (χ0v) is 12.8. The summed E-state index contributed by atoms with van der Waals surface area (Å²) in [5.41, 5.74) is 0.269. The normalized spacial score (nSPS) is 13.7. The lowest BCUT2D eigenvalue weighted by molar-refractivity contribution is 0.204. The van der Waals surface area contributed by atoms with Crippen molar-refractivity contribution in [1.82, 2.24) is 5.32 Å². The van der Waals surface area contributed by atoms with Crippen LogP contribution in [0.3, 0.4) is 0 Å². The molecule has 0 aliphatic carbocycles. The molecule has 2 unspecified atom stereocenters. The summed E-state index contributed by atoms with van der Waals surface area (Å²) in [5.74, 6) is -0.128. The third kappa shape index (κ3) is 5.59. The lowest BCUT2D eigenvalue weighted by Gasteiger charge is -2.20. The van der Waals surface area contributed by atoms with Gasteiger partial charge >= 0.3 is 6.03 Å². The minimum Gasteiger partial charge on any atom is -0.489 e. The molecule has 2 atom stereocenters. The molecule has 1 aromatic carbocycles. The van der Waals surface area contributed by atoms with E-state index >= 15 is 0 Å². The number of urea groups is 1. The molecule has 0 saturated carbocycles. The summed E-state index contributed by atoms with van der Waals surface area (Å²) in [6.07, 6.45) is -0.0904. The molecule has 0 saturated heterocycles. The van der Waals surface area contributed by atoms with Crippen LogP contribution < -0.4 is 15.4 Å². The Bertz CT molecular complexity index is 480. The van der Waals surface area contributed by atoms with E-state index in [4.69, 9.17) is 9.84 Å². The Morgan fingerprint density at radius 3 is 2.57 bits per heavy atom. The SMILES string of the molecule is CC(C)Oc1ccc(F)cc1NC(=O)NC(C)C(C)CO. The number of ether oxygens (including phenoxy) is 1.